The zero-order valence-electron chi connectivity index (χ0n) is 9.24. The van der Waals surface area contributed by atoms with E-state index in [4.69, 9.17) is 0 Å². The first-order chi connectivity index (χ1) is 7.93. The molecule has 108 valence electrons. The summed E-state index contributed by atoms with van der Waals surface area (Å²) < 4.78 is 51.8. The molecule has 0 saturated heterocycles. The smallest absolute Gasteiger partial charge is 0.230 e. The lowest BCUT2D eigenvalue weighted by Crippen LogP contribution is -2.68. The number of carbonyl (C=O) groups excluding carboxylic acids is 1. The normalized spacial score (nSPS) is 19.4. The molecule has 0 spiro atoms. The van der Waals surface area contributed by atoms with Crippen molar-refractivity contribution in [3.63, 3.8) is 0 Å². The minimum absolute atomic E-state index is 0.600. The van der Waals surface area contributed by atoms with E-state index >= 15 is 0 Å². The Kier molecular flexibility index (Phi) is 9.04. The summed E-state index contributed by atoms with van der Waals surface area (Å²) in [6, 6.07) is -5.61. The molecular formula is C7H10F4I4OSi2. The van der Waals surface area contributed by atoms with Crippen LogP contribution in [0.15, 0.2) is 0 Å². The summed E-state index contributed by atoms with van der Waals surface area (Å²) in [5, 5.41) is -0.803. The summed E-state index contributed by atoms with van der Waals surface area (Å²) in [6.45, 7) is 2.46. The van der Waals surface area contributed by atoms with Crippen molar-refractivity contribution in [1.29, 1.82) is 0 Å². The number of carbonyl (C=O) groups is 1. The average Bonchev–Trinajstić information content (AvgIpc) is 2.24. The molecule has 0 aromatic heterocycles. The average molecular weight is 750 g/mol. The van der Waals surface area contributed by atoms with Crippen LogP contribution < -0.4 is 0 Å². The molecule has 0 radical (unpaired) electrons. The van der Waals surface area contributed by atoms with E-state index in [0.29, 0.717) is 0 Å². The second kappa shape index (κ2) is 7.84. The van der Waals surface area contributed by atoms with E-state index in [1.165, 1.54) is 13.1 Å². The number of rotatable bonds is 6. The van der Waals surface area contributed by atoms with E-state index in [2.05, 4.69) is 0 Å². The van der Waals surface area contributed by atoms with Crippen LogP contribution in [0.3, 0.4) is 0 Å². The summed E-state index contributed by atoms with van der Waals surface area (Å²) in [5.41, 5.74) is 0. The first-order valence-electron chi connectivity index (χ1n) is 4.60. The van der Waals surface area contributed by atoms with Gasteiger partial charge in [0.2, 0.25) is 28.2 Å². The SMILES string of the molecule is C[Si](C(=O)[Si](C)(C(F)F)C(I)I)(C(F)F)C(I)I. The van der Waals surface area contributed by atoms with Gasteiger partial charge < -0.3 is 4.79 Å². The second-order valence-corrected chi connectivity index (χ2v) is 27.1. The van der Waals surface area contributed by atoms with Crippen LogP contribution in [0, 0.1) is 0 Å². The van der Waals surface area contributed by atoms with Gasteiger partial charge in [-0.1, -0.05) is 103 Å². The predicted octanol–water partition coefficient (Wildman–Crippen LogP) is 5.51. The summed E-state index contributed by atoms with van der Waals surface area (Å²) in [7, 11) is -7.39. The number of alkyl halides is 8. The van der Waals surface area contributed by atoms with E-state index in [0.717, 1.165) is 0 Å². The number of halogens is 8. The van der Waals surface area contributed by atoms with E-state index in [1.807, 2.05) is 0 Å². The predicted molar refractivity (Wildman–Crippen MR) is 104 cm³/mol. The highest BCUT2D eigenvalue weighted by molar-refractivity contribution is 14.2. The molecule has 0 rings (SSSR count). The number of hydrogen-bond donors (Lipinski definition) is 0. The monoisotopic (exact) mass is 750 g/mol. The molecule has 0 aliphatic heterocycles. The van der Waals surface area contributed by atoms with Gasteiger partial charge in [0.25, 0.3) is 0 Å². The van der Waals surface area contributed by atoms with Crippen molar-refractivity contribution >= 4 is 112 Å². The van der Waals surface area contributed by atoms with Crippen molar-refractivity contribution in [2.45, 2.75) is 28.3 Å². The maximum absolute atomic E-state index is 13.2. The molecule has 0 aliphatic rings. The standard InChI is InChI=1S/C7H10F4I4OSi2/c1-17(3(8)9,5(12)13)7(16)18(2,4(10)11)6(14)15/h3-6H,1-2H3. The largest absolute Gasteiger partial charge is 0.310 e. The molecular weight excluding hydrogens is 740 g/mol. The molecule has 2 unspecified atom stereocenters. The highest BCUT2D eigenvalue weighted by atomic mass is 127. The lowest BCUT2D eigenvalue weighted by molar-refractivity contribution is 0.218. The van der Waals surface area contributed by atoms with Gasteiger partial charge in [-0.15, -0.1) is 0 Å². The third-order valence-electron chi connectivity index (χ3n) is 2.79. The topological polar surface area (TPSA) is 17.1 Å². The summed E-state index contributed by atoms with van der Waals surface area (Å²) in [4.78, 5) is 12.4. The van der Waals surface area contributed by atoms with E-state index < -0.39 is 36.4 Å². The Balaban J connectivity index is 5.72. The molecule has 0 amide bonds. The molecule has 2 atom stereocenters. The molecule has 0 aromatic carbocycles. The van der Waals surface area contributed by atoms with Crippen molar-refractivity contribution in [3.05, 3.63) is 0 Å². The van der Waals surface area contributed by atoms with Crippen molar-refractivity contribution < 1.29 is 22.4 Å². The summed E-state index contributed by atoms with van der Waals surface area (Å²) in [6.07, 6.45) is 0. The third kappa shape index (κ3) is 3.93. The fraction of sp³-hybridized carbons (Fsp3) is 0.857. The lowest BCUT2D eigenvalue weighted by atomic mass is 11.6. The Morgan fingerprint density at radius 2 is 1.06 bits per heavy atom. The van der Waals surface area contributed by atoms with Crippen LogP contribution in [0.2, 0.25) is 13.1 Å². The molecule has 0 saturated carbocycles. The highest BCUT2D eigenvalue weighted by Crippen LogP contribution is 2.39. The van der Waals surface area contributed by atoms with Gasteiger partial charge in [0.1, 0.15) is 5.03 Å². The molecule has 18 heavy (non-hydrogen) atoms. The Morgan fingerprint density at radius 1 is 0.833 bits per heavy atom. The van der Waals surface area contributed by atoms with Gasteiger partial charge in [-0.05, 0) is 0 Å². The Labute approximate surface area is 160 Å². The van der Waals surface area contributed by atoms with Gasteiger partial charge in [-0.2, -0.15) is 0 Å². The van der Waals surface area contributed by atoms with E-state index in [-0.39, 0.29) is 0 Å². The molecule has 0 aromatic rings. The maximum Gasteiger partial charge on any atom is 0.230 e. The van der Waals surface area contributed by atoms with Crippen molar-refractivity contribution in [2.75, 3.05) is 0 Å². The molecule has 11 heteroatoms. The quantitative estimate of drug-likeness (QED) is 0.152. The van der Waals surface area contributed by atoms with Crippen LogP contribution in [0.1, 0.15) is 0 Å². The maximum atomic E-state index is 13.2. The molecule has 0 fully saturated rings. The fourth-order valence-corrected chi connectivity index (χ4v) is 18.7. The number of hydrogen-bond acceptors (Lipinski definition) is 1. The van der Waals surface area contributed by atoms with Crippen LogP contribution >= 0.6 is 90.4 Å². The van der Waals surface area contributed by atoms with Crippen LogP contribution in [0.4, 0.5) is 22.4 Å². The van der Waals surface area contributed by atoms with Gasteiger partial charge in [-0.3, -0.25) is 0 Å². The summed E-state index contributed by atoms with van der Waals surface area (Å²) in [5.74, 6) is 0. The zero-order chi connectivity index (χ0) is 14.9. The van der Waals surface area contributed by atoms with Gasteiger partial charge in [-0.25, -0.2) is 17.6 Å². The molecule has 0 bridgehead atoms. The van der Waals surface area contributed by atoms with E-state index in [1.54, 1.807) is 90.4 Å². The minimum Gasteiger partial charge on any atom is -0.310 e. The van der Waals surface area contributed by atoms with Crippen LogP contribution in [-0.2, 0) is 0 Å². The first-order valence-corrected chi connectivity index (χ1v) is 14.9. The van der Waals surface area contributed by atoms with Gasteiger partial charge in [0.05, 0.1) is 3.11 Å². The zero-order valence-corrected chi connectivity index (χ0v) is 19.9. The Bertz CT molecular complexity index is 272. The molecule has 0 heterocycles. The minimum atomic E-state index is -3.70. The van der Waals surface area contributed by atoms with Crippen LogP contribution in [-0.4, -0.2) is 36.4 Å². The Hall–Kier alpha value is 2.74. The van der Waals surface area contributed by atoms with Gasteiger partial charge >= 0.3 is 0 Å². The van der Waals surface area contributed by atoms with Gasteiger partial charge in [0.15, 0.2) is 0 Å². The third-order valence-corrected chi connectivity index (χ3v) is 27.1. The molecule has 1 nitrogen and oxygen atoms in total. The lowest BCUT2D eigenvalue weighted by Gasteiger charge is -2.36. The van der Waals surface area contributed by atoms with Crippen LogP contribution in [0.25, 0.3) is 0 Å². The molecule has 0 N–H and O–H groups in total. The van der Waals surface area contributed by atoms with Crippen molar-refractivity contribution in [1.82, 2.24) is 0 Å². The summed E-state index contributed by atoms with van der Waals surface area (Å²) >= 11 is 7.03. The second-order valence-electron chi connectivity index (χ2n) is 4.10. The highest BCUT2D eigenvalue weighted by Gasteiger charge is 2.62. The Morgan fingerprint density at radius 3 is 1.17 bits per heavy atom. The van der Waals surface area contributed by atoms with Crippen LogP contribution in [0.5, 0.6) is 0 Å². The molecule has 0 aliphatic carbocycles. The van der Waals surface area contributed by atoms with Crippen molar-refractivity contribution in [3.8, 4) is 0 Å². The van der Waals surface area contributed by atoms with Gasteiger partial charge in [0, 0.05) is 0 Å². The van der Waals surface area contributed by atoms with E-state index in [9.17, 15) is 22.4 Å². The van der Waals surface area contributed by atoms with Crippen molar-refractivity contribution in [2.24, 2.45) is 0 Å². The fourth-order valence-electron chi connectivity index (χ4n) is 1.17. The first kappa shape index (κ1) is 20.7.